The highest BCUT2D eigenvalue weighted by Gasteiger charge is 2.20. The van der Waals surface area contributed by atoms with Crippen molar-refractivity contribution in [2.75, 3.05) is 47.1 Å². The summed E-state index contributed by atoms with van der Waals surface area (Å²) in [5.74, 6) is 1.99. The van der Waals surface area contributed by atoms with E-state index >= 15 is 0 Å². The first-order valence-electron chi connectivity index (χ1n) is 10.6. The molecular weight excluding hydrogens is 364 g/mol. The molecule has 4 rings (SSSR count). The van der Waals surface area contributed by atoms with Crippen molar-refractivity contribution in [2.45, 2.75) is 45.4 Å². The van der Waals surface area contributed by atoms with Gasteiger partial charge in [0.05, 0.1) is 5.71 Å². The highest BCUT2D eigenvalue weighted by molar-refractivity contribution is 5.99. The molecule has 1 aromatic carbocycles. The lowest BCUT2D eigenvalue weighted by Gasteiger charge is -2.30. The van der Waals surface area contributed by atoms with Crippen molar-refractivity contribution in [1.82, 2.24) is 15.0 Å². The minimum Gasteiger partial charge on any atom is -0.399 e. The van der Waals surface area contributed by atoms with Crippen LogP contribution in [-0.2, 0) is 0 Å². The van der Waals surface area contributed by atoms with Crippen LogP contribution in [0.4, 0.5) is 23.5 Å². The van der Waals surface area contributed by atoms with Gasteiger partial charge in [0.15, 0.2) is 0 Å². The Morgan fingerprint density at radius 3 is 2.03 bits per heavy atom. The molecule has 2 aromatic rings. The first-order valence-corrected chi connectivity index (χ1v) is 10.6. The first-order chi connectivity index (χ1) is 14.2. The molecule has 8 nitrogen and oxygen atoms in total. The molecular formula is C21H30N8. The fourth-order valence-corrected chi connectivity index (χ4v) is 3.84. The number of hydrogen-bond donors (Lipinski definition) is 2. The van der Waals surface area contributed by atoms with Gasteiger partial charge in [-0.1, -0.05) is 12.1 Å². The van der Waals surface area contributed by atoms with Gasteiger partial charge in [-0.25, -0.2) is 5.43 Å². The van der Waals surface area contributed by atoms with Gasteiger partial charge in [-0.15, -0.1) is 0 Å². The van der Waals surface area contributed by atoms with Gasteiger partial charge >= 0.3 is 0 Å². The lowest BCUT2D eigenvalue weighted by atomic mass is 10.1. The zero-order valence-electron chi connectivity index (χ0n) is 17.1. The molecule has 0 amide bonds. The third-order valence-electron chi connectivity index (χ3n) is 5.52. The zero-order valence-corrected chi connectivity index (χ0v) is 17.1. The van der Waals surface area contributed by atoms with Crippen molar-refractivity contribution in [3.63, 3.8) is 0 Å². The maximum absolute atomic E-state index is 5.89. The fraction of sp³-hybridized carbons (Fsp3) is 0.524. The van der Waals surface area contributed by atoms with Crippen LogP contribution in [0.5, 0.6) is 0 Å². The van der Waals surface area contributed by atoms with Crippen LogP contribution in [-0.4, -0.2) is 46.8 Å². The Morgan fingerprint density at radius 2 is 1.48 bits per heavy atom. The average Bonchev–Trinajstić information content (AvgIpc) is 2.78. The van der Waals surface area contributed by atoms with Gasteiger partial charge in [-0.05, 0) is 63.1 Å². The van der Waals surface area contributed by atoms with E-state index in [9.17, 15) is 0 Å². The Bertz CT molecular complexity index is 817. The summed E-state index contributed by atoms with van der Waals surface area (Å²) in [5.41, 5.74) is 11.5. The lowest BCUT2D eigenvalue weighted by Crippen LogP contribution is -2.34. The predicted octanol–water partition coefficient (Wildman–Crippen LogP) is 3.27. The number of benzene rings is 1. The van der Waals surface area contributed by atoms with Gasteiger partial charge < -0.3 is 15.5 Å². The molecule has 0 spiro atoms. The van der Waals surface area contributed by atoms with E-state index in [1.807, 2.05) is 31.2 Å². The number of nitrogens with one attached hydrogen (secondary N) is 1. The highest BCUT2D eigenvalue weighted by atomic mass is 15.4. The number of rotatable bonds is 5. The van der Waals surface area contributed by atoms with Crippen molar-refractivity contribution in [2.24, 2.45) is 5.10 Å². The van der Waals surface area contributed by atoms with E-state index in [1.54, 1.807) is 0 Å². The van der Waals surface area contributed by atoms with E-state index in [4.69, 9.17) is 10.7 Å². The monoisotopic (exact) mass is 394 g/mol. The van der Waals surface area contributed by atoms with Crippen molar-refractivity contribution in [3.05, 3.63) is 29.8 Å². The molecule has 2 aliphatic heterocycles. The molecule has 3 N–H and O–H groups in total. The number of piperidine rings is 2. The maximum atomic E-state index is 5.89. The third kappa shape index (κ3) is 4.93. The molecule has 29 heavy (non-hydrogen) atoms. The van der Waals surface area contributed by atoms with E-state index < -0.39 is 0 Å². The number of aromatic nitrogens is 3. The van der Waals surface area contributed by atoms with Crippen molar-refractivity contribution in [1.29, 1.82) is 0 Å². The fourth-order valence-electron chi connectivity index (χ4n) is 3.84. The van der Waals surface area contributed by atoms with Gasteiger partial charge in [0.25, 0.3) is 0 Å². The summed E-state index contributed by atoms with van der Waals surface area (Å²) in [6, 6.07) is 7.69. The maximum Gasteiger partial charge on any atom is 0.250 e. The summed E-state index contributed by atoms with van der Waals surface area (Å²) < 4.78 is 0. The minimum absolute atomic E-state index is 0.490. The van der Waals surface area contributed by atoms with Crippen molar-refractivity contribution < 1.29 is 0 Å². The largest absolute Gasteiger partial charge is 0.399 e. The quantitative estimate of drug-likeness (QED) is 0.456. The number of hydrazone groups is 1. The van der Waals surface area contributed by atoms with Crippen LogP contribution in [0, 0.1) is 0 Å². The summed E-state index contributed by atoms with van der Waals surface area (Å²) in [7, 11) is 0. The number of nitrogen functional groups attached to an aromatic ring is 1. The Hall–Kier alpha value is -2.90. The summed E-state index contributed by atoms with van der Waals surface area (Å²) in [6.07, 6.45) is 7.27. The lowest BCUT2D eigenvalue weighted by molar-refractivity contribution is 0.556. The Morgan fingerprint density at radius 1 is 0.897 bits per heavy atom. The van der Waals surface area contributed by atoms with Crippen molar-refractivity contribution >= 4 is 29.2 Å². The average molecular weight is 395 g/mol. The summed E-state index contributed by atoms with van der Waals surface area (Å²) in [5, 5.41) is 4.50. The normalized spacial score (nSPS) is 18.0. The van der Waals surface area contributed by atoms with E-state index in [2.05, 4.69) is 30.3 Å². The molecule has 0 unspecified atom stereocenters. The van der Waals surface area contributed by atoms with Crippen LogP contribution >= 0.6 is 0 Å². The summed E-state index contributed by atoms with van der Waals surface area (Å²) >= 11 is 0. The standard InChI is InChI=1S/C21H30N8/c1-16(17-9-8-10-18(22)15-17)26-27-19-23-20(28-11-4-2-5-12-28)25-21(24-19)29-13-6-3-7-14-29/h8-10,15H,2-7,11-14,22H2,1H3,(H,23,24,25,27)/b26-16+. The van der Waals surface area contributed by atoms with E-state index in [1.165, 1.54) is 38.5 Å². The topological polar surface area (TPSA) is 95.6 Å². The van der Waals surface area contributed by atoms with E-state index in [-0.39, 0.29) is 0 Å². The molecule has 0 radical (unpaired) electrons. The van der Waals surface area contributed by atoms with Crippen molar-refractivity contribution in [3.8, 4) is 0 Å². The van der Waals surface area contributed by atoms with Crippen LogP contribution < -0.4 is 21.0 Å². The van der Waals surface area contributed by atoms with E-state index in [0.717, 1.165) is 55.0 Å². The van der Waals surface area contributed by atoms with Crippen LogP contribution in [0.2, 0.25) is 0 Å². The molecule has 2 aliphatic rings. The molecule has 2 fully saturated rings. The second-order valence-electron chi connectivity index (χ2n) is 7.79. The Kier molecular flexibility index (Phi) is 6.07. The Labute approximate surface area is 172 Å². The first kappa shape index (κ1) is 19.4. The van der Waals surface area contributed by atoms with E-state index in [0.29, 0.717) is 5.95 Å². The molecule has 1 aromatic heterocycles. The number of anilines is 4. The van der Waals surface area contributed by atoms with Crippen LogP contribution in [0.15, 0.2) is 29.4 Å². The molecule has 0 saturated carbocycles. The number of nitrogens with two attached hydrogens (primary N) is 1. The van der Waals surface area contributed by atoms with Crippen LogP contribution in [0.1, 0.15) is 51.0 Å². The summed E-state index contributed by atoms with van der Waals surface area (Å²) in [4.78, 5) is 18.7. The molecule has 3 heterocycles. The molecule has 2 saturated heterocycles. The minimum atomic E-state index is 0.490. The van der Waals surface area contributed by atoms with Gasteiger partial charge in [-0.2, -0.15) is 20.1 Å². The third-order valence-corrected chi connectivity index (χ3v) is 5.52. The zero-order chi connectivity index (χ0) is 20.1. The number of hydrogen-bond acceptors (Lipinski definition) is 8. The van der Waals surface area contributed by atoms with Crippen LogP contribution in [0.25, 0.3) is 0 Å². The SMILES string of the molecule is C/C(=N\Nc1nc(N2CCCCC2)nc(N2CCCCC2)n1)c1cccc(N)c1. The second-order valence-corrected chi connectivity index (χ2v) is 7.79. The predicted molar refractivity (Wildman–Crippen MR) is 119 cm³/mol. The number of nitrogens with zero attached hydrogens (tertiary/aromatic N) is 6. The van der Waals surface area contributed by atoms with Gasteiger partial charge in [-0.3, -0.25) is 0 Å². The van der Waals surface area contributed by atoms with Gasteiger partial charge in [0, 0.05) is 31.9 Å². The second kappa shape index (κ2) is 9.07. The molecule has 8 heteroatoms. The Balaban J connectivity index is 1.59. The van der Waals surface area contributed by atoms with Gasteiger partial charge in [0.1, 0.15) is 0 Å². The van der Waals surface area contributed by atoms with Gasteiger partial charge in [0.2, 0.25) is 17.8 Å². The molecule has 154 valence electrons. The smallest absolute Gasteiger partial charge is 0.250 e. The van der Waals surface area contributed by atoms with Crippen LogP contribution in [0.3, 0.4) is 0 Å². The summed E-state index contributed by atoms with van der Waals surface area (Å²) in [6.45, 7) is 5.92. The highest BCUT2D eigenvalue weighted by Crippen LogP contribution is 2.22. The molecule has 0 atom stereocenters. The molecule has 0 bridgehead atoms. The molecule has 0 aliphatic carbocycles.